The number of piperazine rings is 1. The van der Waals surface area contributed by atoms with Gasteiger partial charge >= 0.3 is 0 Å². The van der Waals surface area contributed by atoms with E-state index in [-0.39, 0.29) is 0 Å². The second-order valence-electron chi connectivity index (χ2n) is 8.77. The lowest BCUT2D eigenvalue weighted by Crippen LogP contribution is -2.43. The standard InChI is InChI=1S/C23H30N8O/c1-16(32)19-12-18-14-25-23(28-21(18)22(26-19)31-6-3-7-31)27-20-5-4-17(13-24-20)15-30-10-8-29(2)9-11-30/h4-5,12-14,16,32H,3,6-11,15H2,1-2H3,(H,24,25,27,28). The Morgan fingerprint density at radius 1 is 1.03 bits per heavy atom. The summed E-state index contributed by atoms with van der Waals surface area (Å²) in [6, 6.07) is 5.94. The number of anilines is 3. The van der Waals surface area contributed by atoms with E-state index in [1.165, 1.54) is 5.56 Å². The fourth-order valence-electron chi connectivity index (χ4n) is 4.04. The lowest BCUT2D eigenvalue weighted by molar-refractivity contribution is 0.148. The molecule has 168 valence electrons. The Morgan fingerprint density at radius 2 is 1.84 bits per heavy atom. The van der Waals surface area contributed by atoms with Gasteiger partial charge in [-0.25, -0.2) is 19.9 Å². The molecule has 2 saturated heterocycles. The summed E-state index contributed by atoms with van der Waals surface area (Å²) in [5.41, 5.74) is 2.63. The molecule has 3 aromatic heterocycles. The Balaban J connectivity index is 1.33. The van der Waals surface area contributed by atoms with E-state index in [2.05, 4.69) is 48.1 Å². The van der Waals surface area contributed by atoms with Gasteiger partial charge in [-0.15, -0.1) is 0 Å². The molecule has 3 aromatic rings. The molecule has 1 unspecified atom stereocenters. The van der Waals surface area contributed by atoms with Crippen molar-refractivity contribution in [3.05, 3.63) is 41.9 Å². The fourth-order valence-corrected chi connectivity index (χ4v) is 4.04. The molecule has 2 fully saturated rings. The monoisotopic (exact) mass is 434 g/mol. The lowest BCUT2D eigenvalue weighted by atomic mass is 10.1. The summed E-state index contributed by atoms with van der Waals surface area (Å²) in [5.74, 6) is 2.02. The van der Waals surface area contributed by atoms with Crippen molar-refractivity contribution in [3.8, 4) is 0 Å². The van der Waals surface area contributed by atoms with Gasteiger partial charge in [0.05, 0.1) is 11.8 Å². The number of fused-ring (bicyclic) bond motifs is 1. The Hall–Kier alpha value is -2.88. The van der Waals surface area contributed by atoms with Crippen molar-refractivity contribution in [3.63, 3.8) is 0 Å². The molecule has 5 heterocycles. The smallest absolute Gasteiger partial charge is 0.229 e. The van der Waals surface area contributed by atoms with Crippen LogP contribution in [0.2, 0.25) is 0 Å². The number of aliphatic hydroxyl groups is 1. The number of pyridine rings is 2. The van der Waals surface area contributed by atoms with E-state index in [1.54, 1.807) is 13.1 Å². The van der Waals surface area contributed by atoms with Gasteiger partial charge in [0.2, 0.25) is 5.95 Å². The van der Waals surface area contributed by atoms with Gasteiger partial charge in [-0.2, -0.15) is 0 Å². The predicted octanol–water partition coefficient (Wildman–Crippen LogP) is 2.17. The van der Waals surface area contributed by atoms with Gasteiger partial charge in [0.15, 0.2) is 5.82 Å². The number of hydrogen-bond acceptors (Lipinski definition) is 9. The van der Waals surface area contributed by atoms with E-state index in [9.17, 15) is 5.11 Å². The minimum atomic E-state index is -0.634. The molecule has 2 N–H and O–H groups in total. The van der Waals surface area contributed by atoms with Crippen molar-refractivity contribution in [2.24, 2.45) is 0 Å². The highest BCUT2D eigenvalue weighted by molar-refractivity contribution is 5.89. The maximum absolute atomic E-state index is 10.0. The van der Waals surface area contributed by atoms with Crippen LogP contribution in [0.25, 0.3) is 10.9 Å². The minimum Gasteiger partial charge on any atom is -0.387 e. The Labute approximate surface area is 188 Å². The molecule has 9 heteroatoms. The molecule has 9 nitrogen and oxygen atoms in total. The van der Waals surface area contributed by atoms with Crippen molar-refractivity contribution < 1.29 is 5.11 Å². The van der Waals surface area contributed by atoms with E-state index in [0.717, 1.165) is 69.0 Å². The Kier molecular flexibility index (Phi) is 5.86. The molecule has 0 amide bonds. The third-order valence-electron chi connectivity index (χ3n) is 6.22. The van der Waals surface area contributed by atoms with Gasteiger partial charge < -0.3 is 20.2 Å². The normalized spacial score (nSPS) is 18.5. The summed E-state index contributed by atoms with van der Waals surface area (Å²) >= 11 is 0. The third kappa shape index (κ3) is 4.50. The van der Waals surface area contributed by atoms with Crippen LogP contribution in [0.5, 0.6) is 0 Å². The average Bonchev–Trinajstić information content (AvgIpc) is 2.75. The summed E-state index contributed by atoms with van der Waals surface area (Å²) in [5, 5.41) is 14.1. The second-order valence-corrected chi connectivity index (χ2v) is 8.77. The molecule has 2 aliphatic rings. The Bertz CT molecular complexity index is 1080. The molecule has 0 aromatic carbocycles. The molecule has 32 heavy (non-hydrogen) atoms. The number of rotatable bonds is 6. The molecular weight excluding hydrogens is 404 g/mol. The van der Waals surface area contributed by atoms with Gasteiger partial charge in [-0.3, -0.25) is 4.90 Å². The number of nitrogens with zero attached hydrogens (tertiary/aromatic N) is 7. The van der Waals surface area contributed by atoms with E-state index < -0.39 is 6.10 Å². The molecule has 2 aliphatic heterocycles. The van der Waals surface area contributed by atoms with Crippen LogP contribution >= 0.6 is 0 Å². The summed E-state index contributed by atoms with van der Waals surface area (Å²) in [4.78, 5) is 25.5. The molecule has 5 rings (SSSR count). The van der Waals surface area contributed by atoms with Crippen LogP contribution in [0.4, 0.5) is 17.6 Å². The first-order valence-corrected chi connectivity index (χ1v) is 11.3. The largest absolute Gasteiger partial charge is 0.387 e. The van der Waals surface area contributed by atoms with Crippen LogP contribution in [0.3, 0.4) is 0 Å². The first-order chi connectivity index (χ1) is 15.5. The van der Waals surface area contributed by atoms with Crippen LogP contribution < -0.4 is 10.2 Å². The first-order valence-electron chi connectivity index (χ1n) is 11.3. The second kappa shape index (κ2) is 8.93. The van der Waals surface area contributed by atoms with Crippen molar-refractivity contribution in [2.75, 3.05) is 56.5 Å². The quantitative estimate of drug-likeness (QED) is 0.605. The molecule has 1 atom stereocenters. The Morgan fingerprint density at radius 3 is 2.50 bits per heavy atom. The van der Waals surface area contributed by atoms with Crippen molar-refractivity contribution in [1.82, 2.24) is 29.7 Å². The highest BCUT2D eigenvalue weighted by atomic mass is 16.3. The minimum absolute atomic E-state index is 0.491. The zero-order valence-electron chi connectivity index (χ0n) is 18.7. The van der Waals surface area contributed by atoms with Crippen molar-refractivity contribution >= 4 is 28.5 Å². The van der Waals surface area contributed by atoms with E-state index in [4.69, 9.17) is 4.98 Å². The van der Waals surface area contributed by atoms with Gasteiger partial charge in [0, 0.05) is 63.6 Å². The van der Waals surface area contributed by atoms with Crippen LogP contribution in [0.1, 0.15) is 30.7 Å². The van der Waals surface area contributed by atoms with E-state index in [1.807, 2.05) is 18.3 Å². The average molecular weight is 435 g/mol. The lowest BCUT2D eigenvalue weighted by Gasteiger charge is -2.33. The highest BCUT2D eigenvalue weighted by Crippen LogP contribution is 2.30. The van der Waals surface area contributed by atoms with Gasteiger partial charge in [-0.05, 0) is 38.1 Å². The van der Waals surface area contributed by atoms with E-state index in [0.29, 0.717) is 17.5 Å². The van der Waals surface area contributed by atoms with Gasteiger partial charge in [0.1, 0.15) is 11.3 Å². The van der Waals surface area contributed by atoms with Crippen LogP contribution in [0.15, 0.2) is 30.6 Å². The van der Waals surface area contributed by atoms with Gasteiger partial charge in [0.25, 0.3) is 0 Å². The molecule has 0 spiro atoms. The summed E-state index contributed by atoms with van der Waals surface area (Å²) in [6.45, 7) is 8.95. The molecule has 0 bridgehead atoms. The summed E-state index contributed by atoms with van der Waals surface area (Å²) in [7, 11) is 2.17. The van der Waals surface area contributed by atoms with Gasteiger partial charge in [-0.1, -0.05) is 6.07 Å². The summed E-state index contributed by atoms with van der Waals surface area (Å²) < 4.78 is 0. The van der Waals surface area contributed by atoms with E-state index >= 15 is 0 Å². The van der Waals surface area contributed by atoms with Crippen molar-refractivity contribution in [1.29, 1.82) is 0 Å². The number of aliphatic hydroxyl groups excluding tert-OH is 1. The van der Waals surface area contributed by atoms with Crippen LogP contribution in [-0.4, -0.2) is 81.2 Å². The number of aromatic nitrogens is 4. The fraction of sp³-hybridized carbons (Fsp3) is 0.478. The third-order valence-corrected chi connectivity index (χ3v) is 6.22. The molecule has 0 radical (unpaired) electrons. The molecule has 0 aliphatic carbocycles. The predicted molar refractivity (Wildman–Crippen MR) is 125 cm³/mol. The van der Waals surface area contributed by atoms with Crippen LogP contribution in [0, 0.1) is 0 Å². The SMILES string of the molecule is CC(O)c1cc2cnc(Nc3ccc(CN4CCN(C)CC4)cn3)nc2c(N2CCC2)n1. The van der Waals surface area contributed by atoms with Crippen molar-refractivity contribution in [2.45, 2.75) is 26.0 Å². The number of hydrogen-bond donors (Lipinski definition) is 2. The zero-order chi connectivity index (χ0) is 22.1. The summed E-state index contributed by atoms with van der Waals surface area (Å²) in [6.07, 6.45) is 4.21. The molecule has 0 saturated carbocycles. The maximum Gasteiger partial charge on any atom is 0.229 e. The first kappa shape index (κ1) is 21.0. The topological polar surface area (TPSA) is 93.5 Å². The van der Waals surface area contributed by atoms with Crippen LogP contribution in [-0.2, 0) is 6.54 Å². The highest BCUT2D eigenvalue weighted by Gasteiger charge is 2.22. The number of likely N-dealkylation sites (N-methyl/N-ethyl adjacent to an activating group) is 1. The zero-order valence-corrected chi connectivity index (χ0v) is 18.7. The molecular formula is C23H30N8O. The number of nitrogens with one attached hydrogen (secondary N) is 1. The maximum atomic E-state index is 10.0.